The first-order valence-electron chi connectivity index (χ1n) is 14.1. The predicted octanol–water partition coefficient (Wildman–Crippen LogP) is 4.50. The standard InChI is InChI=1S/C31H39F2N3O5S/c1-2-21-6-3-7-22(12-21)18-34-19-30(38)29(15-23-13-25(32)17-26(33)14-23)35-31(39)24-8-4-10-28(16-24)42(40,41)36-11-5-9-27(36)20-37/h3-4,6-8,10,12-14,16-17,27,29-30,34,37-38,40-41H,2,5,9,11,15,18-20H2,1H3,(H,35,39)/t27-,29-,30+/m0/s1. The van der Waals surface area contributed by atoms with E-state index in [0.29, 0.717) is 25.9 Å². The molecule has 3 atom stereocenters. The van der Waals surface area contributed by atoms with Gasteiger partial charge in [-0.1, -0.05) is 37.3 Å². The molecule has 1 fully saturated rings. The van der Waals surface area contributed by atoms with E-state index in [9.17, 15) is 32.9 Å². The predicted molar refractivity (Wildman–Crippen MR) is 159 cm³/mol. The van der Waals surface area contributed by atoms with Crippen LogP contribution in [0.25, 0.3) is 0 Å². The normalized spacial score (nSPS) is 17.6. The number of hydrogen-bond donors (Lipinski definition) is 6. The topological polar surface area (TPSA) is 125 Å². The Hall–Kier alpha value is -2.90. The molecule has 0 aromatic heterocycles. The number of nitrogens with zero attached hydrogens (tertiary/aromatic N) is 1. The summed E-state index contributed by atoms with van der Waals surface area (Å²) in [5.74, 6) is -2.12. The Morgan fingerprint density at radius 2 is 1.74 bits per heavy atom. The molecular formula is C31H39F2N3O5S. The second-order valence-corrected chi connectivity index (χ2v) is 12.6. The molecule has 42 heavy (non-hydrogen) atoms. The van der Waals surface area contributed by atoms with Crippen molar-refractivity contribution in [3.8, 4) is 0 Å². The molecule has 0 aliphatic carbocycles. The van der Waals surface area contributed by atoms with Gasteiger partial charge in [0.1, 0.15) is 11.6 Å². The van der Waals surface area contributed by atoms with Crippen molar-refractivity contribution in [3.63, 3.8) is 0 Å². The molecule has 228 valence electrons. The van der Waals surface area contributed by atoms with Gasteiger partial charge in [0, 0.05) is 31.3 Å². The van der Waals surface area contributed by atoms with Crippen LogP contribution in [0.2, 0.25) is 0 Å². The van der Waals surface area contributed by atoms with Crippen LogP contribution in [0.5, 0.6) is 0 Å². The molecule has 1 amide bonds. The highest BCUT2D eigenvalue weighted by atomic mass is 32.3. The van der Waals surface area contributed by atoms with Gasteiger partial charge in [-0.05, 0) is 72.7 Å². The first-order valence-corrected chi connectivity index (χ1v) is 15.6. The molecular weight excluding hydrogens is 564 g/mol. The molecule has 0 spiro atoms. The summed E-state index contributed by atoms with van der Waals surface area (Å²) in [4.78, 5) is 13.5. The summed E-state index contributed by atoms with van der Waals surface area (Å²) in [7, 11) is -3.45. The van der Waals surface area contributed by atoms with E-state index in [4.69, 9.17) is 0 Å². The zero-order valence-electron chi connectivity index (χ0n) is 23.5. The number of carbonyl (C=O) groups excluding carboxylic acids is 1. The van der Waals surface area contributed by atoms with E-state index < -0.39 is 46.5 Å². The quantitative estimate of drug-likeness (QED) is 0.170. The third-order valence-electron chi connectivity index (χ3n) is 7.51. The fourth-order valence-electron chi connectivity index (χ4n) is 5.25. The number of rotatable bonds is 13. The zero-order chi connectivity index (χ0) is 30.3. The van der Waals surface area contributed by atoms with Gasteiger partial charge in [0.2, 0.25) is 0 Å². The SMILES string of the molecule is CCc1cccc(CNC[C@@H](O)[C@H](Cc2cc(F)cc(F)c2)NC(=O)c2cccc(S(O)(O)N3CCC[C@H]3CO)c2)c1. The summed E-state index contributed by atoms with van der Waals surface area (Å²) in [6, 6.07) is 15.7. The van der Waals surface area contributed by atoms with E-state index in [1.165, 1.54) is 34.1 Å². The van der Waals surface area contributed by atoms with Crippen LogP contribution in [0, 0.1) is 11.6 Å². The van der Waals surface area contributed by atoms with E-state index in [0.717, 1.165) is 30.2 Å². The molecule has 0 bridgehead atoms. The lowest BCUT2D eigenvalue weighted by Gasteiger charge is -2.43. The summed E-state index contributed by atoms with van der Waals surface area (Å²) in [6.07, 6.45) is 1.07. The van der Waals surface area contributed by atoms with E-state index in [1.54, 1.807) is 0 Å². The number of aliphatic hydroxyl groups excluding tert-OH is 2. The molecule has 3 aromatic carbocycles. The Morgan fingerprint density at radius 1 is 1.02 bits per heavy atom. The van der Waals surface area contributed by atoms with Crippen molar-refractivity contribution in [2.75, 3.05) is 19.7 Å². The maximum absolute atomic E-state index is 13.9. The number of halogens is 2. The first kappa shape index (κ1) is 32.0. The van der Waals surface area contributed by atoms with Crippen molar-refractivity contribution in [2.45, 2.75) is 62.2 Å². The lowest BCUT2D eigenvalue weighted by Crippen LogP contribution is -2.48. The van der Waals surface area contributed by atoms with Crippen LogP contribution in [0.1, 0.15) is 46.8 Å². The highest BCUT2D eigenvalue weighted by molar-refractivity contribution is 8.22. The summed E-state index contributed by atoms with van der Waals surface area (Å²) in [5.41, 5.74) is 2.61. The Bertz CT molecular complexity index is 1340. The van der Waals surface area contributed by atoms with Gasteiger partial charge < -0.3 is 20.8 Å². The number of aliphatic hydroxyl groups is 2. The molecule has 0 radical (unpaired) electrons. The van der Waals surface area contributed by atoms with Crippen LogP contribution in [-0.4, -0.2) is 67.4 Å². The third kappa shape index (κ3) is 8.13. The van der Waals surface area contributed by atoms with Crippen LogP contribution >= 0.6 is 10.8 Å². The number of benzene rings is 3. The second kappa shape index (κ2) is 14.5. The van der Waals surface area contributed by atoms with Crippen LogP contribution in [0.3, 0.4) is 0 Å². The van der Waals surface area contributed by atoms with Crippen LogP contribution < -0.4 is 10.6 Å². The Kier molecular flexibility index (Phi) is 11.1. The smallest absolute Gasteiger partial charge is 0.251 e. The minimum Gasteiger partial charge on any atom is -0.395 e. The van der Waals surface area contributed by atoms with E-state index in [-0.39, 0.29) is 35.6 Å². The minimum absolute atomic E-state index is 0.0462. The summed E-state index contributed by atoms with van der Waals surface area (Å²) >= 11 is 0. The molecule has 8 nitrogen and oxygen atoms in total. The van der Waals surface area contributed by atoms with Crippen molar-refractivity contribution >= 4 is 16.7 Å². The zero-order valence-corrected chi connectivity index (χ0v) is 24.4. The van der Waals surface area contributed by atoms with E-state index in [1.807, 2.05) is 18.2 Å². The second-order valence-electron chi connectivity index (χ2n) is 10.6. The fraction of sp³-hybridized carbons (Fsp3) is 0.387. The van der Waals surface area contributed by atoms with E-state index in [2.05, 4.69) is 23.6 Å². The van der Waals surface area contributed by atoms with Crippen molar-refractivity contribution in [2.24, 2.45) is 0 Å². The van der Waals surface area contributed by atoms with Gasteiger partial charge in [-0.2, -0.15) is 4.31 Å². The molecule has 1 aliphatic heterocycles. The molecule has 0 unspecified atom stereocenters. The van der Waals surface area contributed by atoms with E-state index >= 15 is 0 Å². The fourth-order valence-corrected chi connectivity index (χ4v) is 7.04. The highest BCUT2D eigenvalue weighted by Gasteiger charge is 2.35. The summed E-state index contributed by atoms with van der Waals surface area (Å²) in [5, 5.41) is 26.7. The molecule has 3 aromatic rings. The van der Waals surface area contributed by atoms with Crippen molar-refractivity contribution in [1.29, 1.82) is 0 Å². The van der Waals surface area contributed by atoms with Crippen molar-refractivity contribution in [1.82, 2.24) is 14.9 Å². The van der Waals surface area contributed by atoms with Gasteiger partial charge in [0.15, 0.2) is 0 Å². The number of hydrogen-bond acceptors (Lipinski definition) is 7. The third-order valence-corrected chi connectivity index (χ3v) is 9.54. The number of aryl methyl sites for hydroxylation is 1. The molecule has 1 aliphatic rings. The van der Waals surface area contributed by atoms with Crippen molar-refractivity contribution < 1.29 is 32.9 Å². The van der Waals surface area contributed by atoms with Crippen molar-refractivity contribution in [3.05, 3.63) is 101 Å². The molecule has 4 rings (SSSR count). The van der Waals surface area contributed by atoms with Gasteiger partial charge in [0.05, 0.1) is 29.7 Å². The lowest BCUT2D eigenvalue weighted by atomic mass is 10.00. The van der Waals surface area contributed by atoms with Gasteiger partial charge in [-0.3, -0.25) is 13.9 Å². The Balaban J connectivity index is 1.50. The molecule has 1 saturated heterocycles. The average molecular weight is 604 g/mol. The molecule has 11 heteroatoms. The summed E-state index contributed by atoms with van der Waals surface area (Å²) < 4.78 is 51.4. The number of amides is 1. The molecule has 1 heterocycles. The first-order chi connectivity index (χ1) is 20.1. The van der Waals surface area contributed by atoms with Crippen LogP contribution in [-0.2, 0) is 19.4 Å². The Morgan fingerprint density at radius 3 is 2.45 bits per heavy atom. The molecule has 6 N–H and O–H groups in total. The van der Waals surface area contributed by atoms with Crippen LogP contribution in [0.15, 0.2) is 71.6 Å². The van der Waals surface area contributed by atoms with Crippen LogP contribution in [0.4, 0.5) is 8.78 Å². The number of carbonyl (C=O) groups is 1. The van der Waals surface area contributed by atoms with Gasteiger partial charge in [-0.25, -0.2) is 8.78 Å². The maximum Gasteiger partial charge on any atom is 0.251 e. The highest BCUT2D eigenvalue weighted by Crippen LogP contribution is 2.54. The van der Waals surface area contributed by atoms with Gasteiger partial charge in [0.25, 0.3) is 5.91 Å². The largest absolute Gasteiger partial charge is 0.395 e. The lowest BCUT2D eigenvalue weighted by molar-refractivity contribution is 0.0829. The van der Waals surface area contributed by atoms with Gasteiger partial charge >= 0.3 is 0 Å². The molecule has 0 saturated carbocycles. The summed E-state index contributed by atoms with van der Waals surface area (Å²) in [6.45, 7) is 2.82. The maximum atomic E-state index is 13.9. The Labute approximate surface area is 246 Å². The van der Waals surface area contributed by atoms with Gasteiger partial charge in [-0.15, -0.1) is 10.8 Å². The number of nitrogens with one attached hydrogen (secondary N) is 2. The monoisotopic (exact) mass is 603 g/mol. The minimum atomic E-state index is -3.45. The average Bonchev–Trinajstić information content (AvgIpc) is 3.46.